The average molecular weight is 462 g/mol. The number of carbonyl (C=O) groups is 2. The summed E-state index contributed by atoms with van der Waals surface area (Å²) in [5, 5.41) is 2.74. The van der Waals surface area contributed by atoms with E-state index < -0.39 is 15.9 Å². The number of sulfonamides is 1. The van der Waals surface area contributed by atoms with Crippen molar-refractivity contribution < 1.29 is 18.0 Å². The van der Waals surface area contributed by atoms with E-state index in [2.05, 4.69) is 16.6 Å². The van der Waals surface area contributed by atoms with Gasteiger partial charge in [0.1, 0.15) is 0 Å². The Labute approximate surface area is 192 Å². The molecule has 0 radical (unpaired) electrons. The molecule has 0 saturated heterocycles. The molecule has 3 aromatic carbocycles. The number of para-hydroxylation sites is 1. The molecule has 0 unspecified atom stereocenters. The maximum Gasteiger partial charge on any atom is 0.258 e. The first-order chi connectivity index (χ1) is 15.9. The van der Waals surface area contributed by atoms with Gasteiger partial charge in [-0.25, -0.2) is 13.1 Å². The maximum absolute atomic E-state index is 12.9. The lowest BCUT2D eigenvalue weighted by atomic mass is 10.1. The summed E-state index contributed by atoms with van der Waals surface area (Å²) in [6, 6.07) is 20.2. The zero-order chi connectivity index (χ0) is 23.4. The van der Waals surface area contributed by atoms with Crippen LogP contribution in [0.4, 0.5) is 11.4 Å². The lowest BCUT2D eigenvalue weighted by Gasteiger charge is -2.17. The van der Waals surface area contributed by atoms with E-state index in [9.17, 15) is 18.0 Å². The topological polar surface area (TPSA) is 95.6 Å². The number of carbonyl (C=O) groups excluding carboxylic acids is 2. The van der Waals surface area contributed by atoms with Crippen molar-refractivity contribution in [1.82, 2.24) is 4.72 Å². The summed E-state index contributed by atoms with van der Waals surface area (Å²) in [5.41, 5.74) is 3.30. The molecule has 0 bridgehead atoms. The minimum Gasteiger partial charge on any atom is -0.322 e. The number of anilines is 2. The molecule has 8 heteroatoms. The standard InChI is InChI=1S/C25H23N3O4S/c1-2-15-26-33(31,32)22-8-5-7-20(17-22)24(29)27-21-12-10-19(11-13-21)25(30)28-16-14-18-6-3-4-9-23(18)28/h2-13,17,26H,1,14-16H2,(H,27,29). The van der Waals surface area contributed by atoms with Gasteiger partial charge in [0.05, 0.1) is 4.90 Å². The normalized spacial score (nSPS) is 12.8. The number of amides is 2. The van der Waals surface area contributed by atoms with Gasteiger partial charge in [-0.1, -0.05) is 30.3 Å². The third-order valence-corrected chi connectivity index (χ3v) is 6.77. The third kappa shape index (κ3) is 4.87. The highest BCUT2D eigenvalue weighted by Gasteiger charge is 2.25. The van der Waals surface area contributed by atoms with Crippen LogP contribution in [-0.2, 0) is 16.4 Å². The van der Waals surface area contributed by atoms with Crippen molar-refractivity contribution in [2.45, 2.75) is 11.3 Å². The maximum atomic E-state index is 12.9. The van der Waals surface area contributed by atoms with Crippen LogP contribution in [0.3, 0.4) is 0 Å². The van der Waals surface area contributed by atoms with Gasteiger partial charge in [-0.2, -0.15) is 0 Å². The van der Waals surface area contributed by atoms with Crippen molar-refractivity contribution in [3.8, 4) is 0 Å². The van der Waals surface area contributed by atoms with Gasteiger partial charge in [-0.3, -0.25) is 9.59 Å². The first-order valence-corrected chi connectivity index (χ1v) is 11.9. The van der Waals surface area contributed by atoms with Crippen molar-refractivity contribution in [3.63, 3.8) is 0 Å². The molecule has 0 aliphatic carbocycles. The van der Waals surface area contributed by atoms with Crippen LogP contribution in [0, 0.1) is 0 Å². The van der Waals surface area contributed by atoms with Gasteiger partial charge in [0, 0.05) is 35.6 Å². The Bertz CT molecular complexity index is 1320. The Kier molecular flexibility index (Phi) is 6.39. The van der Waals surface area contributed by atoms with Gasteiger partial charge in [0.25, 0.3) is 11.8 Å². The first-order valence-electron chi connectivity index (χ1n) is 10.4. The van der Waals surface area contributed by atoms with Gasteiger partial charge in [0.15, 0.2) is 0 Å². The predicted octanol–water partition coefficient (Wildman–Crippen LogP) is 3.61. The quantitative estimate of drug-likeness (QED) is 0.526. The molecule has 2 amide bonds. The van der Waals surface area contributed by atoms with E-state index in [-0.39, 0.29) is 22.9 Å². The SMILES string of the molecule is C=CCNS(=O)(=O)c1cccc(C(=O)Nc2ccc(C(=O)N3CCc4ccccc43)cc2)c1. The molecule has 168 valence electrons. The smallest absolute Gasteiger partial charge is 0.258 e. The second-order valence-corrected chi connectivity index (χ2v) is 9.30. The van der Waals surface area contributed by atoms with E-state index >= 15 is 0 Å². The molecule has 0 aromatic heterocycles. The van der Waals surface area contributed by atoms with Crippen LogP contribution >= 0.6 is 0 Å². The lowest BCUT2D eigenvalue weighted by molar-refractivity contribution is 0.0988. The van der Waals surface area contributed by atoms with Gasteiger partial charge >= 0.3 is 0 Å². The Morgan fingerprint density at radius 2 is 1.73 bits per heavy atom. The number of fused-ring (bicyclic) bond motifs is 1. The fourth-order valence-corrected chi connectivity index (χ4v) is 4.70. The van der Waals surface area contributed by atoms with Crippen molar-refractivity contribution in [1.29, 1.82) is 0 Å². The second-order valence-electron chi connectivity index (χ2n) is 7.54. The van der Waals surface area contributed by atoms with Crippen molar-refractivity contribution in [2.75, 3.05) is 23.3 Å². The van der Waals surface area contributed by atoms with Crippen LogP contribution in [0.1, 0.15) is 26.3 Å². The summed E-state index contributed by atoms with van der Waals surface area (Å²) in [5.74, 6) is -0.550. The van der Waals surface area contributed by atoms with Crippen LogP contribution in [0.5, 0.6) is 0 Å². The lowest BCUT2D eigenvalue weighted by Crippen LogP contribution is -2.28. The highest BCUT2D eigenvalue weighted by atomic mass is 32.2. The summed E-state index contributed by atoms with van der Waals surface area (Å²) in [6.07, 6.45) is 2.26. The number of nitrogens with zero attached hydrogens (tertiary/aromatic N) is 1. The fraction of sp³-hybridized carbons (Fsp3) is 0.120. The van der Waals surface area contributed by atoms with E-state index in [1.807, 2.05) is 24.3 Å². The molecular weight excluding hydrogens is 438 g/mol. The molecule has 4 rings (SSSR count). The van der Waals surface area contributed by atoms with E-state index in [0.29, 0.717) is 17.8 Å². The predicted molar refractivity (Wildman–Crippen MR) is 128 cm³/mol. The molecule has 2 N–H and O–H groups in total. The van der Waals surface area contributed by atoms with E-state index in [4.69, 9.17) is 0 Å². The molecule has 3 aromatic rings. The van der Waals surface area contributed by atoms with Gasteiger partial charge in [-0.15, -0.1) is 6.58 Å². The van der Waals surface area contributed by atoms with Gasteiger partial charge in [0.2, 0.25) is 10.0 Å². The van der Waals surface area contributed by atoms with Crippen LogP contribution in [0.2, 0.25) is 0 Å². The number of benzene rings is 3. The molecule has 33 heavy (non-hydrogen) atoms. The van der Waals surface area contributed by atoms with E-state index in [1.165, 1.54) is 30.3 Å². The monoisotopic (exact) mass is 461 g/mol. The Balaban J connectivity index is 1.45. The van der Waals surface area contributed by atoms with Crippen LogP contribution in [-0.4, -0.2) is 33.3 Å². The summed E-state index contributed by atoms with van der Waals surface area (Å²) in [6.45, 7) is 4.21. The highest BCUT2D eigenvalue weighted by molar-refractivity contribution is 7.89. The third-order valence-electron chi connectivity index (χ3n) is 5.35. The fourth-order valence-electron chi connectivity index (χ4n) is 3.66. The minimum absolute atomic E-state index is 0.0103. The van der Waals surface area contributed by atoms with Crippen molar-refractivity contribution in [2.24, 2.45) is 0 Å². The zero-order valence-corrected chi connectivity index (χ0v) is 18.6. The molecule has 1 aliphatic rings. The molecule has 0 atom stereocenters. The van der Waals surface area contributed by atoms with Crippen LogP contribution in [0.25, 0.3) is 0 Å². The molecule has 0 saturated carbocycles. The summed E-state index contributed by atoms with van der Waals surface area (Å²) in [7, 11) is -3.74. The Morgan fingerprint density at radius 1 is 0.970 bits per heavy atom. The summed E-state index contributed by atoms with van der Waals surface area (Å²) < 4.78 is 26.9. The minimum atomic E-state index is -3.74. The molecule has 1 heterocycles. The highest BCUT2D eigenvalue weighted by Crippen LogP contribution is 2.29. The average Bonchev–Trinajstić information content (AvgIpc) is 3.27. The van der Waals surface area contributed by atoms with Crippen LogP contribution < -0.4 is 14.9 Å². The zero-order valence-electron chi connectivity index (χ0n) is 17.8. The Morgan fingerprint density at radius 3 is 2.48 bits per heavy atom. The van der Waals surface area contributed by atoms with E-state index in [0.717, 1.165) is 17.7 Å². The first kappa shape index (κ1) is 22.4. The molecule has 1 aliphatic heterocycles. The van der Waals surface area contributed by atoms with Crippen molar-refractivity contribution >= 4 is 33.2 Å². The second kappa shape index (κ2) is 9.40. The number of rotatable bonds is 7. The Hall–Kier alpha value is -3.75. The molecular formula is C25H23N3O4S. The molecule has 7 nitrogen and oxygen atoms in total. The molecule has 0 spiro atoms. The number of hydrogen-bond acceptors (Lipinski definition) is 4. The number of hydrogen-bond donors (Lipinski definition) is 2. The van der Waals surface area contributed by atoms with E-state index in [1.54, 1.807) is 29.2 Å². The van der Waals surface area contributed by atoms with Gasteiger partial charge in [-0.05, 0) is 60.5 Å². The van der Waals surface area contributed by atoms with Gasteiger partial charge < -0.3 is 10.2 Å². The van der Waals surface area contributed by atoms with Crippen molar-refractivity contribution in [3.05, 3.63) is 102 Å². The summed E-state index contributed by atoms with van der Waals surface area (Å²) >= 11 is 0. The summed E-state index contributed by atoms with van der Waals surface area (Å²) in [4.78, 5) is 27.3. The molecule has 0 fully saturated rings. The van der Waals surface area contributed by atoms with Crippen LogP contribution in [0.15, 0.2) is 90.3 Å². The largest absolute Gasteiger partial charge is 0.322 e. The number of nitrogens with one attached hydrogen (secondary N) is 2.